The second kappa shape index (κ2) is 6.26. The Labute approximate surface area is 121 Å². The lowest BCUT2D eigenvalue weighted by molar-refractivity contribution is -0.138. The molecule has 0 amide bonds. The van der Waals surface area contributed by atoms with Crippen LogP contribution in [0.5, 0.6) is 0 Å². The molecule has 1 aromatic carbocycles. The standard InChI is InChI=1S/C14H17F3N4/c1-3-8-18-13(12-9-19-20-21(12)2)10-6-4-5-7-11(10)14(15,16)17/h4-7,9,13,18H,3,8H2,1-2H3. The molecule has 0 aliphatic heterocycles. The number of rotatable bonds is 5. The van der Waals surface area contributed by atoms with Crippen LogP contribution in [0.15, 0.2) is 30.5 Å². The summed E-state index contributed by atoms with van der Waals surface area (Å²) in [5.74, 6) is 0. The van der Waals surface area contributed by atoms with Gasteiger partial charge in [0.15, 0.2) is 0 Å². The Hall–Kier alpha value is -1.89. The van der Waals surface area contributed by atoms with Crippen LogP contribution in [0.3, 0.4) is 0 Å². The van der Waals surface area contributed by atoms with Crippen LogP contribution in [-0.4, -0.2) is 21.5 Å². The minimum absolute atomic E-state index is 0.184. The van der Waals surface area contributed by atoms with Crippen molar-refractivity contribution in [3.05, 3.63) is 47.3 Å². The van der Waals surface area contributed by atoms with Crippen LogP contribution in [0.1, 0.15) is 36.2 Å². The number of nitrogens with zero attached hydrogens (tertiary/aromatic N) is 3. The molecule has 0 spiro atoms. The zero-order chi connectivity index (χ0) is 15.5. The number of hydrogen-bond donors (Lipinski definition) is 1. The quantitative estimate of drug-likeness (QED) is 0.923. The summed E-state index contributed by atoms with van der Waals surface area (Å²) in [6, 6.07) is 4.99. The van der Waals surface area contributed by atoms with E-state index < -0.39 is 17.8 Å². The largest absolute Gasteiger partial charge is 0.416 e. The van der Waals surface area contributed by atoms with E-state index in [2.05, 4.69) is 15.6 Å². The van der Waals surface area contributed by atoms with Crippen molar-refractivity contribution in [1.29, 1.82) is 0 Å². The summed E-state index contributed by atoms with van der Waals surface area (Å²) < 4.78 is 41.1. The van der Waals surface area contributed by atoms with E-state index >= 15 is 0 Å². The Balaban J connectivity index is 2.50. The van der Waals surface area contributed by atoms with Gasteiger partial charge in [0.2, 0.25) is 0 Å². The first kappa shape index (κ1) is 15.5. The van der Waals surface area contributed by atoms with Gasteiger partial charge in [0.05, 0.1) is 23.5 Å². The molecule has 0 aliphatic carbocycles. The third-order valence-electron chi connectivity index (χ3n) is 3.22. The second-order valence-corrected chi connectivity index (χ2v) is 4.75. The van der Waals surface area contributed by atoms with Crippen LogP contribution in [-0.2, 0) is 13.2 Å². The van der Waals surface area contributed by atoms with Crippen molar-refractivity contribution in [3.8, 4) is 0 Å². The fraction of sp³-hybridized carbons (Fsp3) is 0.429. The molecule has 1 N–H and O–H groups in total. The Morgan fingerprint density at radius 1 is 1.29 bits per heavy atom. The second-order valence-electron chi connectivity index (χ2n) is 4.75. The molecular formula is C14H17F3N4. The van der Waals surface area contributed by atoms with Crippen LogP contribution in [0.25, 0.3) is 0 Å². The number of hydrogen-bond acceptors (Lipinski definition) is 3. The number of aromatic nitrogens is 3. The summed E-state index contributed by atoms with van der Waals surface area (Å²) in [4.78, 5) is 0. The van der Waals surface area contributed by atoms with E-state index in [1.54, 1.807) is 13.1 Å². The zero-order valence-electron chi connectivity index (χ0n) is 11.9. The molecule has 0 aliphatic rings. The van der Waals surface area contributed by atoms with E-state index in [1.165, 1.54) is 23.0 Å². The van der Waals surface area contributed by atoms with Gasteiger partial charge in [-0.25, -0.2) is 0 Å². The summed E-state index contributed by atoms with van der Waals surface area (Å²) in [6.07, 6.45) is -2.09. The SMILES string of the molecule is CCCNC(c1ccccc1C(F)(F)F)c1cnnn1C. The normalized spacial score (nSPS) is 13.4. The fourth-order valence-corrected chi connectivity index (χ4v) is 2.23. The highest BCUT2D eigenvalue weighted by atomic mass is 19.4. The number of alkyl halides is 3. The number of benzene rings is 1. The molecule has 2 aromatic rings. The molecule has 0 saturated heterocycles. The average molecular weight is 298 g/mol. The Morgan fingerprint density at radius 2 is 2.00 bits per heavy atom. The lowest BCUT2D eigenvalue weighted by Gasteiger charge is -2.22. The first-order valence-electron chi connectivity index (χ1n) is 6.69. The highest BCUT2D eigenvalue weighted by Gasteiger charge is 2.35. The molecule has 0 radical (unpaired) electrons. The predicted octanol–water partition coefficient (Wildman–Crippen LogP) is 2.92. The molecule has 0 fully saturated rings. The van der Waals surface area contributed by atoms with E-state index in [0.29, 0.717) is 12.2 Å². The van der Waals surface area contributed by atoms with Gasteiger partial charge in [-0.3, -0.25) is 4.68 Å². The van der Waals surface area contributed by atoms with Crippen molar-refractivity contribution in [2.75, 3.05) is 6.54 Å². The van der Waals surface area contributed by atoms with Gasteiger partial charge in [-0.05, 0) is 24.6 Å². The van der Waals surface area contributed by atoms with E-state index in [-0.39, 0.29) is 5.56 Å². The molecule has 21 heavy (non-hydrogen) atoms. The minimum Gasteiger partial charge on any atom is -0.305 e. The number of nitrogens with one attached hydrogen (secondary N) is 1. The molecule has 4 nitrogen and oxygen atoms in total. The van der Waals surface area contributed by atoms with Crippen LogP contribution < -0.4 is 5.32 Å². The summed E-state index contributed by atoms with van der Waals surface area (Å²) in [5.41, 5.74) is 0.142. The van der Waals surface area contributed by atoms with Crippen LogP contribution in [0, 0.1) is 0 Å². The van der Waals surface area contributed by atoms with Gasteiger partial charge in [0.25, 0.3) is 0 Å². The van der Waals surface area contributed by atoms with Crippen LogP contribution in [0.2, 0.25) is 0 Å². The van der Waals surface area contributed by atoms with Crippen LogP contribution in [0.4, 0.5) is 13.2 Å². The van der Waals surface area contributed by atoms with Gasteiger partial charge in [-0.2, -0.15) is 13.2 Å². The molecule has 1 atom stereocenters. The van der Waals surface area contributed by atoms with Gasteiger partial charge in [-0.1, -0.05) is 30.3 Å². The summed E-state index contributed by atoms with van der Waals surface area (Å²) >= 11 is 0. The molecule has 0 bridgehead atoms. The van der Waals surface area contributed by atoms with Crippen molar-refractivity contribution in [2.45, 2.75) is 25.6 Å². The van der Waals surface area contributed by atoms with Crippen molar-refractivity contribution in [3.63, 3.8) is 0 Å². The van der Waals surface area contributed by atoms with Crippen molar-refractivity contribution < 1.29 is 13.2 Å². The topological polar surface area (TPSA) is 42.7 Å². The van der Waals surface area contributed by atoms with Gasteiger partial charge in [-0.15, -0.1) is 5.10 Å². The monoisotopic (exact) mass is 298 g/mol. The molecule has 7 heteroatoms. The van der Waals surface area contributed by atoms with E-state index in [0.717, 1.165) is 12.5 Å². The highest BCUT2D eigenvalue weighted by molar-refractivity contribution is 5.36. The summed E-state index contributed by atoms with van der Waals surface area (Å²) in [5, 5.41) is 10.7. The van der Waals surface area contributed by atoms with Crippen molar-refractivity contribution in [1.82, 2.24) is 20.3 Å². The average Bonchev–Trinajstić information content (AvgIpc) is 2.85. The first-order valence-corrected chi connectivity index (χ1v) is 6.69. The molecule has 0 saturated carbocycles. The fourth-order valence-electron chi connectivity index (χ4n) is 2.23. The smallest absolute Gasteiger partial charge is 0.305 e. The summed E-state index contributed by atoms with van der Waals surface area (Å²) in [6.45, 7) is 2.56. The first-order chi connectivity index (χ1) is 9.95. The zero-order valence-corrected chi connectivity index (χ0v) is 11.9. The van der Waals surface area contributed by atoms with Crippen LogP contribution >= 0.6 is 0 Å². The molecule has 2 rings (SSSR count). The number of halogens is 3. The van der Waals surface area contributed by atoms with Gasteiger partial charge >= 0.3 is 6.18 Å². The third-order valence-corrected chi connectivity index (χ3v) is 3.22. The van der Waals surface area contributed by atoms with Gasteiger partial charge in [0.1, 0.15) is 0 Å². The van der Waals surface area contributed by atoms with Crippen molar-refractivity contribution in [2.24, 2.45) is 7.05 Å². The van der Waals surface area contributed by atoms with Gasteiger partial charge in [0, 0.05) is 7.05 Å². The van der Waals surface area contributed by atoms with E-state index in [4.69, 9.17) is 0 Å². The maximum atomic E-state index is 13.2. The molecule has 1 unspecified atom stereocenters. The molecule has 1 heterocycles. The molecule has 1 aromatic heterocycles. The molecular weight excluding hydrogens is 281 g/mol. The predicted molar refractivity (Wildman–Crippen MR) is 72.6 cm³/mol. The Morgan fingerprint density at radius 3 is 2.57 bits per heavy atom. The lowest BCUT2D eigenvalue weighted by atomic mass is 9.97. The van der Waals surface area contributed by atoms with Gasteiger partial charge < -0.3 is 5.32 Å². The summed E-state index contributed by atoms with van der Waals surface area (Å²) in [7, 11) is 1.67. The van der Waals surface area contributed by atoms with Crippen molar-refractivity contribution >= 4 is 0 Å². The minimum atomic E-state index is -4.39. The van der Waals surface area contributed by atoms with E-state index in [1.807, 2.05) is 6.92 Å². The molecule has 114 valence electrons. The maximum Gasteiger partial charge on any atom is 0.416 e. The third kappa shape index (κ3) is 3.41. The highest BCUT2D eigenvalue weighted by Crippen LogP contribution is 2.36. The Bertz CT molecular complexity index is 592. The lowest BCUT2D eigenvalue weighted by Crippen LogP contribution is -2.27. The van der Waals surface area contributed by atoms with E-state index in [9.17, 15) is 13.2 Å². The Kier molecular flexibility index (Phi) is 4.62. The number of aryl methyl sites for hydroxylation is 1. The maximum absolute atomic E-state index is 13.2.